The van der Waals surface area contributed by atoms with Crippen molar-refractivity contribution < 1.29 is 9.53 Å². The lowest BCUT2D eigenvalue weighted by atomic mass is 10.3. The maximum absolute atomic E-state index is 11.1. The van der Waals surface area contributed by atoms with E-state index in [-0.39, 0.29) is 12.0 Å². The van der Waals surface area contributed by atoms with Crippen LogP contribution in [0.25, 0.3) is 0 Å². The maximum Gasteiger partial charge on any atom is 0.243 e. The van der Waals surface area contributed by atoms with Crippen LogP contribution in [-0.2, 0) is 9.53 Å². The van der Waals surface area contributed by atoms with Crippen molar-refractivity contribution in [3.8, 4) is 0 Å². The molecule has 0 aliphatic carbocycles. The third kappa shape index (κ3) is 3.89. The summed E-state index contributed by atoms with van der Waals surface area (Å²) in [6.07, 6.45) is 3.37. The van der Waals surface area contributed by atoms with Crippen molar-refractivity contribution in [1.29, 1.82) is 0 Å². The van der Waals surface area contributed by atoms with Crippen molar-refractivity contribution in [2.45, 2.75) is 13.0 Å². The molecule has 1 atom stereocenters. The minimum atomic E-state index is -0.0515. The lowest BCUT2D eigenvalue weighted by Crippen LogP contribution is -2.45. The van der Waals surface area contributed by atoms with E-state index in [1.165, 1.54) is 6.08 Å². The molecule has 0 aromatic rings. The summed E-state index contributed by atoms with van der Waals surface area (Å²) >= 11 is 0. The Bertz CT molecular complexity index is 216. The number of rotatable bonds is 3. The first-order chi connectivity index (χ1) is 6.72. The lowest BCUT2D eigenvalue weighted by molar-refractivity contribution is -0.117. The second-order valence-electron chi connectivity index (χ2n) is 3.50. The Kier molecular flexibility index (Phi) is 4.62. The molecule has 1 aliphatic heterocycles. The zero-order valence-electron chi connectivity index (χ0n) is 8.82. The van der Waals surface area contributed by atoms with Crippen molar-refractivity contribution >= 4 is 5.91 Å². The van der Waals surface area contributed by atoms with Crippen molar-refractivity contribution in [2.75, 3.05) is 33.3 Å². The first-order valence-corrected chi connectivity index (χ1v) is 4.93. The van der Waals surface area contributed by atoms with Gasteiger partial charge in [0.15, 0.2) is 0 Å². The number of ether oxygens (including phenoxy) is 1. The summed E-state index contributed by atoms with van der Waals surface area (Å²) in [6, 6.07) is 0. The van der Waals surface area contributed by atoms with Gasteiger partial charge in [-0.1, -0.05) is 6.08 Å². The largest absolute Gasteiger partial charge is 0.374 e. The highest BCUT2D eigenvalue weighted by molar-refractivity contribution is 5.87. The summed E-state index contributed by atoms with van der Waals surface area (Å²) < 4.78 is 5.50. The molecule has 1 rings (SSSR count). The summed E-state index contributed by atoms with van der Waals surface area (Å²) in [7, 11) is 2.06. The standard InChI is InChI=1S/C10H18N2O2/c1-3-4-10(13)11-7-9-8-12(2)5-6-14-9/h3-4,9H,5-8H2,1-2H3,(H,11,13). The van der Waals surface area contributed by atoms with Crippen LogP contribution in [0.2, 0.25) is 0 Å². The van der Waals surface area contributed by atoms with Gasteiger partial charge in [0, 0.05) is 19.6 Å². The maximum atomic E-state index is 11.1. The number of carbonyl (C=O) groups excluding carboxylic acids is 1. The zero-order chi connectivity index (χ0) is 10.4. The number of carbonyl (C=O) groups is 1. The Hall–Kier alpha value is -0.870. The van der Waals surface area contributed by atoms with Crippen LogP contribution >= 0.6 is 0 Å². The SMILES string of the molecule is CC=CC(=O)NCC1CN(C)CCO1. The quantitative estimate of drug-likeness (QED) is 0.649. The Morgan fingerprint density at radius 2 is 2.50 bits per heavy atom. The van der Waals surface area contributed by atoms with E-state index >= 15 is 0 Å². The number of nitrogens with one attached hydrogen (secondary N) is 1. The van der Waals surface area contributed by atoms with Gasteiger partial charge in [-0.25, -0.2) is 0 Å². The number of morpholine rings is 1. The van der Waals surface area contributed by atoms with Gasteiger partial charge >= 0.3 is 0 Å². The zero-order valence-corrected chi connectivity index (χ0v) is 8.82. The van der Waals surface area contributed by atoms with Crippen LogP contribution in [0.5, 0.6) is 0 Å². The second kappa shape index (κ2) is 5.78. The fraction of sp³-hybridized carbons (Fsp3) is 0.700. The normalized spacial score (nSPS) is 24.0. The number of likely N-dealkylation sites (N-methyl/N-ethyl adjacent to an activating group) is 1. The molecular weight excluding hydrogens is 180 g/mol. The summed E-state index contributed by atoms with van der Waals surface area (Å²) in [4.78, 5) is 13.3. The highest BCUT2D eigenvalue weighted by Gasteiger charge is 2.17. The van der Waals surface area contributed by atoms with Gasteiger partial charge in [-0.15, -0.1) is 0 Å². The van der Waals surface area contributed by atoms with Crippen molar-refractivity contribution in [1.82, 2.24) is 10.2 Å². The molecule has 1 saturated heterocycles. The van der Waals surface area contributed by atoms with Crippen LogP contribution in [0.15, 0.2) is 12.2 Å². The minimum Gasteiger partial charge on any atom is -0.374 e. The minimum absolute atomic E-state index is 0.0515. The Balaban J connectivity index is 2.20. The lowest BCUT2D eigenvalue weighted by Gasteiger charge is -2.29. The van der Waals surface area contributed by atoms with E-state index in [1.54, 1.807) is 6.08 Å². The van der Waals surface area contributed by atoms with Crippen molar-refractivity contribution in [3.05, 3.63) is 12.2 Å². The summed E-state index contributed by atoms with van der Waals surface area (Å²) in [5.41, 5.74) is 0. The molecule has 4 heteroatoms. The van der Waals surface area contributed by atoms with E-state index in [0.717, 1.165) is 19.7 Å². The molecule has 1 unspecified atom stereocenters. The van der Waals surface area contributed by atoms with E-state index < -0.39 is 0 Å². The van der Waals surface area contributed by atoms with Gasteiger partial charge in [0.05, 0.1) is 12.7 Å². The number of hydrogen-bond acceptors (Lipinski definition) is 3. The van der Waals surface area contributed by atoms with Crippen LogP contribution in [0.4, 0.5) is 0 Å². The average Bonchev–Trinajstić information content (AvgIpc) is 2.15. The molecule has 1 amide bonds. The third-order valence-electron chi connectivity index (χ3n) is 2.16. The van der Waals surface area contributed by atoms with Gasteiger partial charge < -0.3 is 15.0 Å². The molecule has 0 aromatic heterocycles. The van der Waals surface area contributed by atoms with Crippen molar-refractivity contribution in [3.63, 3.8) is 0 Å². The van der Waals surface area contributed by atoms with Crippen LogP contribution in [-0.4, -0.2) is 50.2 Å². The fourth-order valence-corrected chi connectivity index (χ4v) is 1.42. The van der Waals surface area contributed by atoms with Crippen molar-refractivity contribution in [2.24, 2.45) is 0 Å². The molecule has 0 aromatic carbocycles. The molecule has 1 fully saturated rings. The molecule has 1 aliphatic rings. The van der Waals surface area contributed by atoms with Gasteiger partial charge in [-0.3, -0.25) is 4.79 Å². The first kappa shape index (κ1) is 11.2. The van der Waals surface area contributed by atoms with Crippen LogP contribution < -0.4 is 5.32 Å². The van der Waals surface area contributed by atoms with Gasteiger partial charge in [-0.2, -0.15) is 0 Å². The van der Waals surface area contributed by atoms with E-state index in [4.69, 9.17) is 4.74 Å². The van der Waals surface area contributed by atoms with Gasteiger partial charge in [-0.05, 0) is 20.0 Å². The molecule has 14 heavy (non-hydrogen) atoms. The molecule has 1 heterocycles. The Morgan fingerprint density at radius 3 is 3.14 bits per heavy atom. The van der Waals surface area contributed by atoms with Crippen LogP contribution in [0.1, 0.15) is 6.92 Å². The Labute approximate surface area is 84.9 Å². The summed E-state index contributed by atoms with van der Waals surface area (Å²) in [6.45, 7) is 5.02. The number of nitrogens with zero attached hydrogens (tertiary/aromatic N) is 1. The molecule has 80 valence electrons. The topological polar surface area (TPSA) is 41.6 Å². The predicted octanol–water partition coefficient (Wildman–Crippen LogP) is 0.00930. The van der Waals surface area contributed by atoms with Gasteiger partial charge in [0.1, 0.15) is 0 Å². The van der Waals surface area contributed by atoms with Gasteiger partial charge in [0.2, 0.25) is 5.91 Å². The molecule has 0 radical (unpaired) electrons. The fourth-order valence-electron chi connectivity index (χ4n) is 1.42. The summed E-state index contributed by atoms with van der Waals surface area (Å²) in [5, 5.41) is 2.80. The van der Waals surface area contributed by atoms with Crippen LogP contribution in [0, 0.1) is 0 Å². The molecule has 4 nitrogen and oxygen atoms in total. The molecule has 1 N–H and O–H groups in total. The monoisotopic (exact) mass is 198 g/mol. The second-order valence-corrected chi connectivity index (χ2v) is 3.50. The third-order valence-corrected chi connectivity index (χ3v) is 2.16. The average molecular weight is 198 g/mol. The number of allylic oxidation sites excluding steroid dienone is 1. The number of hydrogen-bond donors (Lipinski definition) is 1. The number of amides is 1. The molecular formula is C10H18N2O2. The Morgan fingerprint density at radius 1 is 1.71 bits per heavy atom. The molecule has 0 bridgehead atoms. The van der Waals surface area contributed by atoms with Crippen LogP contribution in [0.3, 0.4) is 0 Å². The predicted molar refractivity (Wildman–Crippen MR) is 55.1 cm³/mol. The van der Waals surface area contributed by atoms with E-state index in [1.807, 2.05) is 6.92 Å². The van der Waals surface area contributed by atoms with E-state index in [2.05, 4.69) is 17.3 Å². The molecule has 0 saturated carbocycles. The van der Waals surface area contributed by atoms with E-state index in [0.29, 0.717) is 6.54 Å². The summed E-state index contributed by atoms with van der Waals surface area (Å²) in [5.74, 6) is -0.0515. The van der Waals surface area contributed by atoms with Gasteiger partial charge in [0.25, 0.3) is 0 Å². The molecule has 0 spiro atoms. The highest BCUT2D eigenvalue weighted by Crippen LogP contribution is 2.01. The van der Waals surface area contributed by atoms with E-state index in [9.17, 15) is 4.79 Å². The smallest absolute Gasteiger partial charge is 0.243 e. The first-order valence-electron chi connectivity index (χ1n) is 4.93. The highest BCUT2D eigenvalue weighted by atomic mass is 16.5.